The molecule has 1 aromatic carbocycles. The first-order chi connectivity index (χ1) is 13.5. The number of aryl methyl sites for hydroxylation is 1. The summed E-state index contributed by atoms with van der Waals surface area (Å²) < 4.78 is 41.9. The number of aromatic nitrogens is 3. The molecule has 0 aliphatic heterocycles. The molecule has 0 fully saturated rings. The molecule has 0 unspecified atom stereocenters. The number of halogens is 4. The molecule has 0 radical (unpaired) electrons. The third kappa shape index (κ3) is 4.15. The van der Waals surface area contributed by atoms with Crippen molar-refractivity contribution in [3.05, 3.63) is 63.6 Å². The molecule has 3 aromatic rings. The third-order valence-electron chi connectivity index (χ3n) is 4.93. The molecule has 2 heterocycles. The minimum atomic E-state index is -4.41. The molecule has 3 rings (SSSR count). The Bertz CT molecular complexity index is 1130. The second-order valence-electron chi connectivity index (χ2n) is 7.29. The first-order valence-electron chi connectivity index (χ1n) is 9.25. The van der Waals surface area contributed by atoms with E-state index >= 15 is 0 Å². The topological polar surface area (TPSA) is 43.1 Å². The minimum Gasteiger partial charge on any atom is -0.326 e. The van der Waals surface area contributed by atoms with E-state index in [1.807, 2.05) is 25.3 Å². The van der Waals surface area contributed by atoms with Gasteiger partial charge < -0.3 is 4.57 Å². The Labute approximate surface area is 172 Å². The van der Waals surface area contributed by atoms with Gasteiger partial charge in [-0.1, -0.05) is 23.7 Å². The number of hydrogen-bond acceptors (Lipinski definition) is 3. The zero-order chi connectivity index (χ0) is 21.5. The van der Waals surface area contributed by atoms with Gasteiger partial charge in [-0.05, 0) is 57.9 Å². The van der Waals surface area contributed by atoms with Gasteiger partial charge in [0.1, 0.15) is 11.0 Å². The van der Waals surface area contributed by atoms with Crippen LogP contribution in [-0.4, -0.2) is 14.5 Å². The van der Waals surface area contributed by atoms with Crippen molar-refractivity contribution < 1.29 is 13.2 Å². The van der Waals surface area contributed by atoms with Crippen molar-refractivity contribution in [3.63, 3.8) is 0 Å². The molecule has 0 spiro atoms. The van der Waals surface area contributed by atoms with Crippen molar-refractivity contribution in [2.45, 2.75) is 52.9 Å². The average Bonchev–Trinajstić information content (AvgIpc) is 2.61. The second-order valence-corrected chi connectivity index (χ2v) is 7.68. The van der Waals surface area contributed by atoms with Crippen molar-refractivity contribution in [3.8, 4) is 0 Å². The lowest BCUT2D eigenvalue weighted by Crippen LogP contribution is -2.20. The normalized spacial score (nSPS) is 14.1. The van der Waals surface area contributed by atoms with Gasteiger partial charge >= 0.3 is 6.18 Å². The molecule has 0 bridgehead atoms. The van der Waals surface area contributed by atoms with Crippen LogP contribution in [0.15, 0.2) is 35.5 Å². The lowest BCUT2D eigenvalue weighted by molar-refractivity contribution is -0.138. The van der Waals surface area contributed by atoms with Crippen LogP contribution in [0.4, 0.5) is 13.2 Å². The Morgan fingerprint density at radius 1 is 1.14 bits per heavy atom. The Morgan fingerprint density at radius 2 is 1.83 bits per heavy atom. The Kier molecular flexibility index (Phi) is 5.72. The standard InChI is InChI=1S/C21H22ClF3N4/c1-11(2)29-14(5)28-20(16-9-19(22)26-10-18(16)29)27-13(4)15-7-6-8-17(12(15)3)21(23,24)25/h6-11,13H,1-5H3/t13-/m1/s1. The van der Waals surface area contributed by atoms with Gasteiger partial charge in [-0.25, -0.2) is 9.97 Å². The molecule has 0 amide bonds. The summed E-state index contributed by atoms with van der Waals surface area (Å²) in [6, 6.07) is 5.47. The number of rotatable bonds is 3. The van der Waals surface area contributed by atoms with E-state index in [4.69, 9.17) is 11.6 Å². The SMILES string of the molecule is Cc1c([C@@H](C)N=c2nc(C)n(C(C)C)c3cnc(Cl)cc23)cccc1C(F)(F)F. The number of nitrogens with zero attached hydrogens (tertiary/aromatic N) is 4. The molecule has 0 N–H and O–H groups in total. The molecule has 8 heteroatoms. The lowest BCUT2D eigenvalue weighted by Gasteiger charge is -2.19. The number of alkyl halides is 3. The van der Waals surface area contributed by atoms with Gasteiger partial charge in [-0.3, -0.25) is 4.99 Å². The van der Waals surface area contributed by atoms with Gasteiger partial charge in [0.15, 0.2) is 5.49 Å². The van der Waals surface area contributed by atoms with Crippen molar-refractivity contribution in [2.24, 2.45) is 4.99 Å². The van der Waals surface area contributed by atoms with Crippen LogP contribution in [0.2, 0.25) is 5.15 Å². The number of pyridine rings is 1. The molecule has 0 aliphatic carbocycles. The quantitative estimate of drug-likeness (QED) is 0.488. The fourth-order valence-electron chi connectivity index (χ4n) is 3.65. The molecular weight excluding hydrogens is 401 g/mol. The van der Waals surface area contributed by atoms with Crippen LogP contribution in [0.5, 0.6) is 0 Å². The van der Waals surface area contributed by atoms with Gasteiger partial charge in [-0.15, -0.1) is 0 Å². The van der Waals surface area contributed by atoms with Crippen LogP contribution in [0.25, 0.3) is 10.9 Å². The van der Waals surface area contributed by atoms with Crippen molar-refractivity contribution >= 4 is 22.5 Å². The fourth-order valence-corrected chi connectivity index (χ4v) is 3.81. The van der Waals surface area contributed by atoms with Crippen LogP contribution in [0, 0.1) is 13.8 Å². The highest BCUT2D eigenvalue weighted by atomic mass is 35.5. The van der Waals surface area contributed by atoms with Crippen LogP contribution in [-0.2, 0) is 6.18 Å². The van der Waals surface area contributed by atoms with Gasteiger partial charge in [-0.2, -0.15) is 13.2 Å². The summed E-state index contributed by atoms with van der Waals surface area (Å²) in [4.78, 5) is 13.5. The monoisotopic (exact) mass is 422 g/mol. The smallest absolute Gasteiger partial charge is 0.326 e. The maximum Gasteiger partial charge on any atom is 0.416 e. The minimum absolute atomic E-state index is 0.144. The molecule has 154 valence electrons. The Balaban J connectivity index is 2.24. The summed E-state index contributed by atoms with van der Waals surface area (Å²) in [7, 11) is 0. The van der Waals surface area contributed by atoms with E-state index in [1.54, 1.807) is 25.3 Å². The molecule has 0 aliphatic rings. The highest BCUT2D eigenvalue weighted by Crippen LogP contribution is 2.35. The third-order valence-corrected chi connectivity index (χ3v) is 5.14. The molecule has 4 nitrogen and oxygen atoms in total. The maximum atomic E-state index is 13.3. The zero-order valence-corrected chi connectivity index (χ0v) is 17.6. The van der Waals surface area contributed by atoms with Crippen LogP contribution >= 0.6 is 11.6 Å². The van der Waals surface area contributed by atoms with E-state index in [0.29, 0.717) is 21.6 Å². The Hall–Kier alpha value is -2.41. The Morgan fingerprint density at radius 3 is 2.45 bits per heavy atom. The average molecular weight is 423 g/mol. The van der Waals surface area contributed by atoms with Crippen molar-refractivity contribution in [1.82, 2.24) is 14.5 Å². The van der Waals surface area contributed by atoms with Crippen LogP contribution in [0.3, 0.4) is 0 Å². The lowest BCUT2D eigenvalue weighted by atomic mass is 9.97. The number of benzene rings is 1. The summed E-state index contributed by atoms with van der Waals surface area (Å²) in [5, 5.41) is 1.01. The van der Waals surface area contributed by atoms with Crippen molar-refractivity contribution in [1.29, 1.82) is 0 Å². The van der Waals surface area contributed by atoms with Gasteiger partial charge in [0, 0.05) is 11.4 Å². The van der Waals surface area contributed by atoms with Gasteiger partial charge in [0.2, 0.25) is 0 Å². The molecule has 29 heavy (non-hydrogen) atoms. The van der Waals surface area contributed by atoms with E-state index in [-0.39, 0.29) is 11.6 Å². The number of hydrogen-bond donors (Lipinski definition) is 0. The predicted molar refractivity (Wildman–Crippen MR) is 108 cm³/mol. The van der Waals surface area contributed by atoms with E-state index < -0.39 is 17.8 Å². The number of fused-ring (bicyclic) bond motifs is 1. The highest BCUT2D eigenvalue weighted by molar-refractivity contribution is 6.30. The predicted octanol–water partition coefficient (Wildman–Crippen LogP) is 5.96. The molecule has 0 saturated heterocycles. The molecule has 2 aromatic heterocycles. The van der Waals surface area contributed by atoms with E-state index in [2.05, 4.69) is 15.0 Å². The first kappa shape index (κ1) is 21.3. The highest BCUT2D eigenvalue weighted by Gasteiger charge is 2.33. The summed E-state index contributed by atoms with van der Waals surface area (Å²) in [6.07, 6.45) is -2.73. The fraction of sp³-hybridized carbons (Fsp3) is 0.381. The summed E-state index contributed by atoms with van der Waals surface area (Å²) in [5.41, 5.74) is 1.29. The summed E-state index contributed by atoms with van der Waals surface area (Å²) in [6.45, 7) is 9.17. The second kappa shape index (κ2) is 7.78. The van der Waals surface area contributed by atoms with Crippen LogP contribution in [0.1, 0.15) is 55.4 Å². The maximum absolute atomic E-state index is 13.3. The van der Waals surface area contributed by atoms with Gasteiger partial charge in [0.25, 0.3) is 0 Å². The summed E-state index contributed by atoms with van der Waals surface area (Å²) >= 11 is 6.10. The first-order valence-corrected chi connectivity index (χ1v) is 9.63. The molecular formula is C21H22ClF3N4. The summed E-state index contributed by atoms with van der Waals surface area (Å²) in [5.74, 6) is 0.739. The van der Waals surface area contributed by atoms with Gasteiger partial charge in [0.05, 0.1) is 23.3 Å². The van der Waals surface area contributed by atoms with Crippen LogP contribution < -0.4 is 5.49 Å². The largest absolute Gasteiger partial charge is 0.416 e. The van der Waals surface area contributed by atoms with E-state index in [1.165, 1.54) is 13.0 Å². The van der Waals surface area contributed by atoms with Crippen molar-refractivity contribution in [2.75, 3.05) is 0 Å². The van der Waals surface area contributed by atoms with E-state index in [9.17, 15) is 13.2 Å². The molecule has 1 atom stereocenters. The van der Waals surface area contributed by atoms with E-state index in [0.717, 1.165) is 17.4 Å². The zero-order valence-electron chi connectivity index (χ0n) is 16.8. The molecule has 0 saturated carbocycles.